The van der Waals surface area contributed by atoms with Gasteiger partial charge in [0, 0.05) is 6.20 Å². The maximum absolute atomic E-state index is 12.1. The molecule has 0 aromatic carbocycles. The fraction of sp³-hybridized carbons (Fsp3) is 0.375. The summed E-state index contributed by atoms with van der Waals surface area (Å²) in [6, 6.07) is 1.74. The van der Waals surface area contributed by atoms with Crippen LogP contribution in [0.4, 0.5) is 3.89 Å². The van der Waals surface area contributed by atoms with Gasteiger partial charge >= 0.3 is 0 Å². The predicted molar refractivity (Wildman–Crippen MR) is 50.2 cm³/mol. The van der Waals surface area contributed by atoms with Crippen LogP contribution >= 0.6 is 23.7 Å². The van der Waals surface area contributed by atoms with Crippen LogP contribution in [-0.4, -0.2) is 4.98 Å². The molecule has 0 unspecified atom stereocenters. The lowest BCUT2D eigenvalue weighted by Gasteiger charge is -2.01. The van der Waals surface area contributed by atoms with Crippen LogP contribution in [0.5, 0.6) is 0 Å². The van der Waals surface area contributed by atoms with Crippen LogP contribution in [0.25, 0.3) is 0 Å². The molecule has 0 radical (unpaired) electrons. The van der Waals surface area contributed by atoms with Crippen molar-refractivity contribution < 1.29 is 3.89 Å². The lowest BCUT2D eigenvalue weighted by atomic mass is 10.2. The average Bonchev–Trinajstić information content (AvgIpc) is 2.09. The third-order valence-electron chi connectivity index (χ3n) is 1.50. The SMILES string of the molecule is CCCc1cc(SF)cnc1Cl. The highest BCUT2D eigenvalue weighted by molar-refractivity contribution is 7.94. The van der Waals surface area contributed by atoms with E-state index < -0.39 is 0 Å². The molecule has 1 aromatic heterocycles. The van der Waals surface area contributed by atoms with Gasteiger partial charge in [-0.2, -0.15) is 3.89 Å². The maximum atomic E-state index is 12.1. The summed E-state index contributed by atoms with van der Waals surface area (Å²) in [5.41, 5.74) is 0.918. The summed E-state index contributed by atoms with van der Waals surface area (Å²) in [4.78, 5) is 4.39. The van der Waals surface area contributed by atoms with Gasteiger partial charge in [0.05, 0.1) is 17.0 Å². The number of pyridine rings is 1. The number of hydrogen-bond acceptors (Lipinski definition) is 2. The third-order valence-corrected chi connectivity index (χ3v) is 2.24. The van der Waals surface area contributed by atoms with E-state index in [0.717, 1.165) is 18.4 Å². The zero-order chi connectivity index (χ0) is 8.97. The Hall–Kier alpha value is -0.280. The van der Waals surface area contributed by atoms with Gasteiger partial charge in [-0.05, 0) is 18.1 Å². The number of halogens is 2. The molecule has 1 heterocycles. The molecule has 0 spiro atoms. The second kappa shape index (κ2) is 4.67. The van der Waals surface area contributed by atoms with Crippen molar-refractivity contribution >= 4 is 23.7 Å². The van der Waals surface area contributed by atoms with E-state index in [4.69, 9.17) is 11.6 Å². The van der Waals surface area contributed by atoms with Gasteiger partial charge in [0.2, 0.25) is 0 Å². The standard InChI is InChI=1S/C8H9ClFNS/c1-2-3-6-4-7(12-10)5-11-8(6)9/h4-5H,2-3H2,1H3. The molecule has 0 saturated heterocycles. The van der Waals surface area contributed by atoms with Gasteiger partial charge in [0.15, 0.2) is 0 Å². The van der Waals surface area contributed by atoms with Gasteiger partial charge in [-0.1, -0.05) is 24.9 Å². The average molecular weight is 206 g/mol. The molecule has 0 saturated carbocycles. The van der Waals surface area contributed by atoms with Crippen molar-refractivity contribution in [3.63, 3.8) is 0 Å². The van der Waals surface area contributed by atoms with E-state index in [2.05, 4.69) is 4.98 Å². The largest absolute Gasteiger partial charge is 0.243 e. The molecule has 66 valence electrons. The molecule has 12 heavy (non-hydrogen) atoms. The Labute approximate surface area is 80.6 Å². The highest BCUT2D eigenvalue weighted by atomic mass is 35.5. The minimum atomic E-state index is 0.196. The van der Waals surface area contributed by atoms with Gasteiger partial charge in [-0.25, -0.2) is 4.98 Å². The smallest absolute Gasteiger partial charge is 0.132 e. The van der Waals surface area contributed by atoms with Crippen LogP contribution in [0.15, 0.2) is 17.2 Å². The van der Waals surface area contributed by atoms with Gasteiger partial charge in [0.25, 0.3) is 0 Å². The first-order valence-electron chi connectivity index (χ1n) is 3.71. The van der Waals surface area contributed by atoms with E-state index in [1.807, 2.05) is 6.92 Å². The van der Waals surface area contributed by atoms with Crippen LogP contribution in [0.3, 0.4) is 0 Å². The highest BCUT2D eigenvalue weighted by Crippen LogP contribution is 2.23. The summed E-state index contributed by atoms with van der Waals surface area (Å²) in [7, 11) is 0. The van der Waals surface area contributed by atoms with Gasteiger partial charge in [-0.15, -0.1) is 0 Å². The summed E-state index contributed by atoms with van der Waals surface area (Å²) in [6.07, 6.45) is 3.27. The topological polar surface area (TPSA) is 12.9 Å². The third kappa shape index (κ3) is 2.35. The van der Waals surface area contributed by atoms with E-state index in [1.54, 1.807) is 6.07 Å². The van der Waals surface area contributed by atoms with Crippen molar-refractivity contribution in [3.05, 3.63) is 23.0 Å². The van der Waals surface area contributed by atoms with E-state index in [1.165, 1.54) is 6.20 Å². The molecule has 0 N–H and O–H groups in total. The van der Waals surface area contributed by atoms with Crippen LogP contribution in [0, 0.1) is 0 Å². The molecule has 0 aliphatic heterocycles. The molecule has 4 heteroatoms. The van der Waals surface area contributed by atoms with Crippen molar-refractivity contribution in [2.75, 3.05) is 0 Å². The minimum Gasteiger partial charge on any atom is -0.243 e. The van der Waals surface area contributed by atoms with Crippen molar-refractivity contribution in [2.45, 2.75) is 24.7 Å². The molecule has 1 rings (SSSR count). The molecule has 1 aromatic rings. The Bertz CT molecular complexity index is 267. The van der Waals surface area contributed by atoms with Crippen LogP contribution < -0.4 is 0 Å². The fourth-order valence-electron chi connectivity index (χ4n) is 0.959. The Morgan fingerprint density at radius 1 is 1.67 bits per heavy atom. The fourth-order valence-corrected chi connectivity index (χ4v) is 1.44. The highest BCUT2D eigenvalue weighted by Gasteiger charge is 2.02. The van der Waals surface area contributed by atoms with E-state index in [-0.39, 0.29) is 12.1 Å². The normalized spacial score (nSPS) is 10.2. The molecule has 0 amide bonds. The summed E-state index contributed by atoms with van der Waals surface area (Å²) < 4.78 is 12.1. The number of aromatic nitrogens is 1. The van der Waals surface area contributed by atoms with Gasteiger partial charge < -0.3 is 0 Å². The van der Waals surface area contributed by atoms with Crippen molar-refractivity contribution in [2.24, 2.45) is 0 Å². The minimum absolute atomic E-state index is 0.196. The number of hydrogen-bond donors (Lipinski definition) is 0. The molecular formula is C8H9ClFNS. The second-order valence-electron chi connectivity index (χ2n) is 2.45. The monoisotopic (exact) mass is 205 g/mol. The quantitative estimate of drug-likeness (QED) is 0.699. The molecule has 1 nitrogen and oxygen atoms in total. The lowest BCUT2D eigenvalue weighted by molar-refractivity contribution is 0.899. The van der Waals surface area contributed by atoms with E-state index in [0.29, 0.717) is 10.0 Å². The molecule has 0 atom stereocenters. The van der Waals surface area contributed by atoms with Gasteiger partial charge in [0.1, 0.15) is 5.15 Å². The Morgan fingerprint density at radius 3 is 3.00 bits per heavy atom. The van der Waals surface area contributed by atoms with Crippen LogP contribution in [0.2, 0.25) is 5.15 Å². The van der Waals surface area contributed by atoms with Gasteiger partial charge in [-0.3, -0.25) is 0 Å². The number of aryl methyl sites for hydroxylation is 1. The van der Waals surface area contributed by atoms with Crippen molar-refractivity contribution in [1.82, 2.24) is 4.98 Å². The molecule has 0 aliphatic rings. The predicted octanol–water partition coefficient (Wildman–Crippen LogP) is 3.66. The summed E-state index contributed by atoms with van der Waals surface area (Å²) in [5.74, 6) is 0. The van der Waals surface area contributed by atoms with E-state index >= 15 is 0 Å². The first-order valence-corrected chi connectivity index (χ1v) is 4.80. The van der Waals surface area contributed by atoms with Crippen molar-refractivity contribution in [1.29, 1.82) is 0 Å². The first kappa shape index (κ1) is 9.81. The Morgan fingerprint density at radius 2 is 2.42 bits per heavy atom. The number of nitrogens with zero attached hydrogens (tertiary/aromatic N) is 1. The molecule has 0 bridgehead atoms. The summed E-state index contributed by atoms with van der Waals surface area (Å²) in [5, 5.41) is 0.481. The Kier molecular flexibility index (Phi) is 3.82. The Balaban J connectivity index is 2.91. The first-order chi connectivity index (χ1) is 5.77. The van der Waals surface area contributed by atoms with Crippen molar-refractivity contribution in [3.8, 4) is 0 Å². The van der Waals surface area contributed by atoms with E-state index in [9.17, 15) is 3.89 Å². The number of rotatable bonds is 3. The molecular weight excluding hydrogens is 197 g/mol. The summed E-state index contributed by atoms with van der Waals surface area (Å²) in [6.45, 7) is 2.05. The van der Waals surface area contributed by atoms with Crippen LogP contribution in [-0.2, 0) is 6.42 Å². The molecule has 0 fully saturated rings. The lowest BCUT2D eigenvalue weighted by Crippen LogP contribution is -1.88. The van der Waals surface area contributed by atoms with Crippen LogP contribution in [0.1, 0.15) is 18.9 Å². The summed E-state index contributed by atoms with van der Waals surface area (Å²) >= 11 is 5.99. The molecule has 0 aliphatic carbocycles. The zero-order valence-electron chi connectivity index (χ0n) is 6.68. The zero-order valence-corrected chi connectivity index (χ0v) is 8.25. The second-order valence-corrected chi connectivity index (χ2v) is 3.43. The maximum Gasteiger partial charge on any atom is 0.132 e.